The van der Waals surface area contributed by atoms with Crippen molar-refractivity contribution in [1.82, 2.24) is 0 Å². The highest BCUT2D eigenvalue weighted by molar-refractivity contribution is 7.28. The second-order valence-electron chi connectivity index (χ2n) is 17.9. The highest BCUT2D eigenvalue weighted by atomic mass is 32.1. The molecule has 0 saturated heterocycles. The van der Waals surface area contributed by atoms with Crippen molar-refractivity contribution in [2.24, 2.45) is 0 Å². The van der Waals surface area contributed by atoms with Crippen molar-refractivity contribution < 1.29 is 0 Å². The Morgan fingerprint density at radius 3 is 1.21 bits per heavy atom. The van der Waals surface area contributed by atoms with E-state index in [1.165, 1.54) is 114 Å². The number of para-hydroxylation sites is 1. The molecule has 0 amide bonds. The monoisotopic (exact) mass is 962 g/mol. The lowest BCUT2D eigenvalue weighted by molar-refractivity contribution is 1.31. The first kappa shape index (κ1) is 40.1. The summed E-state index contributed by atoms with van der Waals surface area (Å²) >= 11 is 7.55. The van der Waals surface area contributed by atoms with Gasteiger partial charge in [-0.05, 0) is 77.0 Å². The Hall–Kier alpha value is -7.84. The molecule has 0 N–H and O–H groups in total. The third-order valence-electron chi connectivity index (χ3n) is 14.0. The van der Waals surface area contributed by atoms with Crippen molar-refractivity contribution in [3.63, 3.8) is 0 Å². The Bertz CT molecular complexity index is 4470. The number of anilines is 6. The van der Waals surface area contributed by atoms with Crippen molar-refractivity contribution in [1.29, 1.82) is 0 Å². The minimum absolute atomic E-state index is 1.11. The summed E-state index contributed by atoms with van der Waals surface area (Å²) < 4.78 is 10.3. The quantitative estimate of drug-likeness (QED) is 0.157. The molecule has 0 atom stereocenters. The summed E-state index contributed by atoms with van der Waals surface area (Å²) in [6.45, 7) is 0. The predicted molar refractivity (Wildman–Crippen MR) is 310 cm³/mol. The van der Waals surface area contributed by atoms with Gasteiger partial charge in [-0.2, -0.15) is 0 Å². The van der Waals surface area contributed by atoms with E-state index in [9.17, 15) is 0 Å². The third-order valence-corrected chi connectivity index (χ3v) is 18.9. The van der Waals surface area contributed by atoms with E-state index < -0.39 is 0 Å². The number of rotatable bonds is 7. The van der Waals surface area contributed by atoms with Gasteiger partial charge >= 0.3 is 0 Å². The van der Waals surface area contributed by atoms with Crippen LogP contribution in [0.3, 0.4) is 0 Å². The largest absolute Gasteiger partial charge is 0.308 e. The molecule has 4 heterocycles. The standard InChI is InChI=1S/C64H38N2S4/c1-2-20-43-39(16-1)36-37-51-50-27-15-30-54(64(50)70-60(43)51)65(53-29-12-24-47-44-21-4-8-33-57(44)67-61(47)53)41-18-11-17-40(38-41)42-19-3-7-28-52(42)66(55-31-13-25-48-45-22-5-9-34-58(45)68-62(48)55)56-32-14-26-49-46-23-6-10-35-59(46)69-63(49)56/h1-38H. The van der Waals surface area contributed by atoms with Gasteiger partial charge in [0.05, 0.1) is 47.2 Å². The van der Waals surface area contributed by atoms with E-state index in [1.807, 2.05) is 45.3 Å². The number of thiophene rings is 4. The van der Waals surface area contributed by atoms with Gasteiger partial charge in [0.25, 0.3) is 0 Å². The molecule has 4 aromatic heterocycles. The summed E-state index contributed by atoms with van der Waals surface area (Å²) in [5.74, 6) is 0. The Labute approximate surface area is 419 Å². The maximum Gasteiger partial charge on any atom is 0.0641 e. The Morgan fingerprint density at radius 2 is 0.643 bits per heavy atom. The summed E-state index contributed by atoms with van der Waals surface area (Å²) in [6.07, 6.45) is 0. The fourth-order valence-electron chi connectivity index (χ4n) is 10.9. The van der Waals surface area contributed by atoms with Crippen LogP contribution in [0.5, 0.6) is 0 Å². The first-order chi connectivity index (χ1) is 34.7. The summed E-state index contributed by atoms with van der Waals surface area (Å²) in [5.41, 5.74) is 9.24. The van der Waals surface area contributed by atoms with Crippen LogP contribution in [0.15, 0.2) is 231 Å². The first-order valence-corrected chi connectivity index (χ1v) is 26.8. The van der Waals surface area contributed by atoms with E-state index in [0.717, 1.165) is 22.5 Å². The van der Waals surface area contributed by atoms with Gasteiger partial charge in [-0.25, -0.2) is 0 Å². The van der Waals surface area contributed by atoms with Crippen molar-refractivity contribution in [3.05, 3.63) is 231 Å². The summed E-state index contributed by atoms with van der Waals surface area (Å²) in [7, 11) is 0. The van der Waals surface area contributed by atoms with Crippen molar-refractivity contribution in [2.45, 2.75) is 0 Å². The number of fused-ring (bicyclic) bond motifs is 14. The molecule has 0 fully saturated rings. The van der Waals surface area contributed by atoms with Crippen LogP contribution < -0.4 is 9.80 Å². The first-order valence-electron chi connectivity index (χ1n) is 23.6. The van der Waals surface area contributed by atoms with E-state index in [1.54, 1.807) is 0 Å². The van der Waals surface area contributed by atoms with Crippen LogP contribution in [-0.4, -0.2) is 0 Å². The van der Waals surface area contributed by atoms with Crippen molar-refractivity contribution in [2.75, 3.05) is 9.80 Å². The highest BCUT2D eigenvalue weighted by Crippen LogP contribution is 2.53. The SMILES string of the molecule is c1cc(-c2ccccc2N(c2cccc3c2sc2ccccc23)c2cccc3c2sc2ccccc23)cc(N(c2cccc3c2sc2ccccc23)c2cccc3c2sc2c4ccccc4ccc32)c1. The van der Waals surface area contributed by atoms with Gasteiger partial charge in [-0.3, -0.25) is 0 Å². The van der Waals surface area contributed by atoms with Crippen LogP contribution in [0.1, 0.15) is 0 Å². The van der Waals surface area contributed by atoms with Gasteiger partial charge in [0.1, 0.15) is 0 Å². The van der Waals surface area contributed by atoms with E-state index in [0.29, 0.717) is 0 Å². The molecule has 0 bridgehead atoms. The summed E-state index contributed by atoms with van der Waals surface area (Å²) in [5, 5.41) is 12.9. The molecule has 70 heavy (non-hydrogen) atoms. The topological polar surface area (TPSA) is 6.48 Å². The number of hydrogen-bond acceptors (Lipinski definition) is 6. The molecule has 0 aliphatic rings. The molecule has 328 valence electrons. The smallest absolute Gasteiger partial charge is 0.0641 e. The zero-order valence-corrected chi connectivity index (χ0v) is 40.7. The van der Waals surface area contributed by atoms with Gasteiger partial charge in [0.2, 0.25) is 0 Å². The van der Waals surface area contributed by atoms with Crippen LogP contribution in [0.25, 0.3) is 103 Å². The summed E-state index contributed by atoms with van der Waals surface area (Å²) in [4.78, 5) is 5.09. The van der Waals surface area contributed by atoms with Gasteiger partial charge in [0.15, 0.2) is 0 Å². The number of hydrogen-bond donors (Lipinski definition) is 0. The fourth-order valence-corrected chi connectivity index (χ4v) is 15.9. The van der Waals surface area contributed by atoms with E-state index >= 15 is 0 Å². The lowest BCUT2D eigenvalue weighted by Gasteiger charge is -2.30. The summed E-state index contributed by atoms with van der Waals surface area (Å²) in [6, 6.07) is 85.6. The van der Waals surface area contributed by atoms with E-state index in [2.05, 4.69) is 240 Å². The Balaban J connectivity index is 0.983. The number of nitrogens with zero attached hydrogens (tertiary/aromatic N) is 2. The van der Waals surface area contributed by atoms with Gasteiger partial charge in [0, 0.05) is 73.1 Å². The van der Waals surface area contributed by atoms with Crippen LogP contribution in [0.2, 0.25) is 0 Å². The molecular formula is C64H38N2S4. The molecule has 0 radical (unpaired) electrons. The lowest BCUT2D eigenvalue weighted by Crippen LogP contribution is -2.12. The van der Waals surface area contributed by atoms with Crippen LogP contribution in [0, 0.1) is 0 Å². The van der Waals surface area contributed by atoms with Crippen molar-refractivity contribution >= 4 is 171 Å². The molecule has 15 rings (SSSR count). The molecule has 15 aromatic rings. The van der Waals surface area contributed by atoms with Gasteiger partial charge in [-0.15, -0.1) is 45.3 Å². The molecule has 0 aliphatic carbocycles. The van der Waals surface area contributed by atoms with Crippen molar-refractivity contribution in [3.8, 4) is 11.1 Å². The zero-order valence-electron chi connectivity index (χ0n) is 37.5. The number of benzene rings is 11. The maximum atomic E-state index is 2.55. The fraction of sp³-hybridized carbons (Fsp3) is 0. The molecule has 0 aliphatic heterocycles. The Morgan fingerprint density at radius 1 is 0.243 bits per heavy atom. The molecule has 0 unspecified atom stereocenters. The zero-order chi connectivity index (χ0) is 45.9. The minimum Gasteiger partial charge on any atom is -0.308 e. The second kappa shape index (κ2) is 15.9. The van der Waals surface area contributed by atoms with Crippen LogP contribution in [0.4, 0.5) is 34.1 Å². The normalized spacial score (nSPS) is 12.0. The van der Waals surface area contributed by atoms with E-state index in [4.69, 9.17) is 0 Å². The van der Waals surface area contributed by atoms with Gasteiger partial charge in [-0.1, -0.05) is 170 Å². The molecule has 11 aromatic carbocycles. The predicted octanol–water partition coefficient (Wildman–Crippen LogP) is 20.9. The van der Waals surface area contributed by atoms with Crippen LogP contribution in [-0.2, 0) is 0 Å². The minimum atomic E-state index is 1.11. The molecule has 0 spiro atoms. The molecule has 2 nitrogen and oxygen atoms in total. The Kier molecular flexibility index (Phi) is 9.08. The average molecular weight is 963 g/mol. The van der Waals surface area contributed by atoms with E-state index in [-0.39, 0.29) is 0 Å². The maximum absolute atomic E-state index is 2.55. The lowest BCUT2D eigenvalue weighted by atomic mass is 10.00. The average Bonchev–Trinajstić information content (AvgIpc) is 4.21. The molecule has 0 saturated carbocycles. The molecular weight excluding hydrogens is 925 g/mol. The van der Waals surface area contributed by atoms with Gasteiger partial charge < -0.3 is 9.80 Å². The second-order valence-corrected chi connectivity index (χ2v) is 22.1. The molecule has 6 heteroatoms. The third kappa shape index (κ3) is 6.08. The van der Waals surface area contributed by atoms with Crippen LogP contribution >= 0.6 is 45.3 Å². The highest BCUT2D eigenvalue weighted by Gasteiger charge is 2.26.